The molecule has 0 aliphatic heterocycles. The number of hydrogen-bond acceptors (Lipinski definition) is 7. The molecule has 0 radical (unpaired) electrons. The molecule has 0 saturated heterocycles. The molecule has 8 heteroatoms. The quantitative estimate of drug-likeness (QED) is 0.681. The first-order valence-electron chi connectivity index (χ1n) is 6.17. The van der Waals surface area contributed by atoms with E-state index in [-0.39, 0.29) is 5.70 Å². The van der Waals surface area contributed by atoms with E-state index in [2.05, 4.69) is 19.8 Å². The molecule has 116 valence electrons. The lowest BCUT2D eigenvalue weighted by Crippen LogP contribution is -2.15. The third-order valence-corrected chi connectivity index (χ3v) is 4.25. The molecule has 0 fully saturated rings. The van der Waals surface area contributed by atoms with Gasteiger partial charge in [-0.2, -0.15) is 0 Å². The Labute approximate surface area is 135 Å². The average molecular weight is 341 g/mol. The molecule has 0 unspecified atom stereocenters. The minimum atomic E-state index is -0.706. The highest BCUT2D eigenvalue weighted by Gasteiger charge is 2.16. The number of carbonyl (C=O) groups is 2. The maximum atomic E-state index is 11.7. The Morgan fingerprint density at radius 1 is 1.32 bits per heavy atom. The highest BCUT2D eigenvalue weighted by atomic mass is 35.5. The van der Waals surface area contributed by atoms with Crippen molar-refractivity contribution in [3.8, 4) is 0 Å². The van der Waals surface area contributed by atoms with Crippen LogP contribution in [0.4, 0.5) is 5.69 Å². The normalized spacial score (nSPS) is 11.4. The van der Waals surface area contributed by atoms with Crippen LogP contribution >= 0.6 is 22.9 Å². The molecule has 0 bridgehead atoms. The second-order valence-electron chi connectivity index (χ2n) is 4.21. The molecular weight excluding hydrogens is 328 g/mol. The molecule has 0 saturated carbocycles. The van der Waals surface area contributed by atoms with Gasteiger partial charge >= 0.3 is 11.9 Å². The Morgan fingerprint density at radius 2 is 2.05 bits per heavy atom. The van der Waals surface area contributed by atoms with Gasteiger partial charge in [0.05, 0.1) is 46.2 Å². The molecule has 1 N–H and O–H groups in total. The number of benzene rings is 1. The number of rotatable bonds is 4. The molecule has 0 aliphatic carbocycles. The van der Waals surface area contributed by atoms with E-state index in [1.165, 1.54) is 25.6 Å². The number of esters is 2. The number of carbonyl (C=O) groups excluding carboxylic acids is 2. The van der Waals surface area contributed by atoms with Crippen molar-refractivity contribution in [2.24, 2.45) is 0 Å². The predicted octanol–water partition coefficient (Wildman–Crippen LogP) is 2.90. The van der Waals surface area contributed by atoms with E-state index in [4.69, 9.17) is 11.6 Å². The summed E-state index contributed by atoms with van der Waals surface area (Å²) in [7, 11) is 2.43. The van der Waals surface area contributed by atoms with E-state index in [9.17, 15) is 9.59 Å². The SMILES string of the molecule is COC(=O)/C=C(/Nc1ccc2nc(C)sc2c1Cl)C(=O)OC. The van der Waals surface area contributed by atoms with Gasteiger partial charge < -0.3 is 14.8 Å². The Bertz CT molecular complexity index is 770. The third-order valence-electron chi connectivity index (χ3n) is 2.74. The van der Waals surface area contributed by atoms with Gasteiger partial charge in [0, 0.05) is 0 Å². The minimum absolute atomic E-state index is 0.0724. The smallest absolute Gasteiger partial charge is 0.354 e. The minimum Gasteiger partial charge on any atom is -0.466 e. The number of ether oxygens (including phenoxy) is 2. The van der Waals surface area contributed by atoms with Crippen LogP contribution in [0.2, 0.25) is 5.02 Å². The van der Waals surface area contributed by atoms with Crippen molar-refractivity contribution in [1.82, 2.24) is 4.98 Å². The summed E-state index contributed by atoms with van der Waals surface area (Å²) in [4.78, 5) is 27.4. The van der Waals surface area contributed by atoms with Gasteiger partial charge in [-0.15, -0.1) is 11.3 Å². The number of thiazole rings is 1. The Balaban J connectivity index is 2.41. The summed E-state index contributed by atoms with van der Waals surface area (Å²) in [6.45, 7) is 1.88. The monoisotopic (exact) mass is 340 g/mol. The highest BCUT2D eigenvalue weighted by molar-refractivity contribution is 7.19. The summed E-state index contributed by atoms with van der Waals surface area (Å²) >= 11 is 7.77. The molecule has 0 aliphatic rings. The van der Waals surface area contributed by atoms with Crippen LogP contribution < -0.4 is 5.32 Å². The van der Waals surface area contributed by atoms with Crippen LogP contribution in [0.1, 0.15) is 5.01 Å². The van der Waals surface area contributed by atoms with E-state index < -0.39 is 11.9 Å². The summed E-state index contributed by atoms with van der Waals surface area (Å²) in [5, 5.41) is 4.10. The first-order valence-corrected chi connectivity index (χ1v) is 7.36. The van der Waals surface area contributed by atoms with Crippen LogP contribution in [-0.2, 0) is 19.1 Å². The van der Waals surface area contributed by atoms with Crippen molar-refractivity contribution in [3.63, 3.8) is 0 Å². The highest BCUT2D eigenvalue weighted by Crippen LogP contribution is 2.35. The standard InChI is InChI=1S/C14H13ClN2O4S/c1-7-16-9-5-4-8(12(15)13(9)22-7)17-10(14(19)21-3)6-11(18)20-2/h4-6,17H,1-3H3/b10-6+. The van der Waals surface area contributed by atoms with E-state index in [0.717, 1.165) is 21.3 Å². The van der Waals surface area contributed by atoms with Crippen LogP contribution in [0, 0.1) is 6.92 Å². The zero-order valence-corrected chi connectivity index (χ0v) is 13.7. The summed E-state index contributed by atoms with van der Waals surface area (Å²) in [5.74, 6) is -1.39. The molecule has 22 heavy (non-hydrogen) atoms. The number of nitrogens with one attached hydrogen (secondary N) is 1. The lowest BCUT2D eigenvalue weighted by molar-refractivity contribution is -0.138. The van der Waals surface area contributed by atoms with E-state index >= 15 is 0 Å². The zero-order chi connectivity index (χ0) is 16.3. The number of nitrogens with zero attached hydrogens (tertiary/aromatic N) is 1. The summed E-state index contributed by atoms with van der Waals surface area (Å²) < 4.78 is 9.94. The van der Waals surface area contributed by atoms with Crippen LogP contribution in [0.3, 0.4) is 0 Å². The molecule has 0 atom stereocenters. The van der Waals surface area contributed by atoms with Crippen LogP contribution in [-0.4, -0.2) is 31.1 Å². The third kappa shape index (κ3) is 3.37. The number of hydrogen-bond donors (Lipinski definition) is 1. The first-order chi connectivity index (χ1) is 10.5. The Morgan fingerprint density at radius 3 is 2.68 bits per heavy atom. The van der Waals surface area contributed by atoms with Crippen molar-refractivity contribution in [1.29, 1.82) is 0 Å². The largest absolute Gasteiger partial charge is 0.466 e. The van der Waals surface area contributed by atoms with Gasteiger partial charge in [-0.05, 0) is 19.1 Å². The van der Waals surface area contributed by atoms with E-state index in [0.29, 0.717) is 10.7 Å². The summed E-state index contributed by atoms with van der Waals surface area (Å²) in [5.41, 5.74) is 1.17. The van der Waals surface area contributed by atoms with Crippen molar-refractivity contribution in [3.05, 3.63) is 33.9 Å². The van der Waals surface area contributed by atoms with Gasteiger partial charge in [0.25, 0.3) is 0 Å². The van der Waals surface area contributed by atoms with Crippen molar-refractivity contribution >= 4 is 50.8 Å². The maximum Gasteiger partial charge on any atom is 0.354 e. The molecule has 1 aromatic heterocycles. The fourth-order valence-electron chi connectivity index (χ4n) is 1.75. The topological polar surface area (TPSA) is 77.5 Å². The first kappa shape index (κ1) is 16.3. The van der Waals surface area contributed by atoms with Crippen molar-refractivity contribution in [2.75, 3.05) is 19.5 Å². The van der Waals surface area contributed by atoms with Crippen molar-refractivity contribution < 1.29 is 19.1 Å². The Hall–Kier alpha value is -2.12. The predicted molar refractivity (Wildman–Crippen MR) is 85.1 cm³/mol. The number of aryl methyl sites for hydroxylation is 1. The van der Waals surface area contributed by atoms with Crippen LogP contribution in [0.15, 0.2) is 23.9 Å². The van der Waals surface area contributed by atoms with Gasteiger partial charge in [-0.1, -0.05) is 11.6 Å². The number of aromatic nitrogens is 1. The molecule has 1 aromatic carbocycles. The molecule has 6 nitrogen and oxygen atoms in total. The zero-order valence-electron chi connectivity index (χ0n) is 12.1. The second kappa shape index (κ2) is 6.76. The fourth-order valence-corrected chi connectivity index (χ4v) is 2.93. The van der Waals surface area contributed by atoms with E-state index in [1.54, 1.807) is 12.1 Å². The number of halogens is 1. The molecular formula is C14H13ClN2O4S. The molecule has 0 spiro atoms. The Kier molecular flexibility index (Phi) is 4.99. The lowest BCUT2D eigenvalue weighted by atomic mass is 10.2. The summed E-state index contributed by atoms with van der Waals surface area (Å²) in [6, 6.07) is 3.46. The maximum absolute atomic E-state index is 11.7. The number of fused-ring (bicyclic) bond motifs is 1. The second-order valence-corrected chi connectivity index (χ2v) is 5.79. The van der Waals surface area contributed by atoms with Crippen LogP contribution in [0.25, 0.3) is 10.2 Å². The average Bonchev–Trinajstić information content (AvgIpc) is 2.89. The summed E-state index contributed by atoms with van der Waals surface area (Å²) in [6.07, 6.45) is 1.00. The van der Waals surface area contributed by atoms with E-state index in [1.807, 2.05) is 6.92 Å². The van der Waals surface area contributed by atoms with Gasteiger partial charge in [0.1, 0.15) is 5.70 Å². The molecule has 0 amide bonds. The fraction of sp³-hybridized carbons (Fsp3) is 0.214. The van der Waals surface area contributed by atoms with Crippen molar-refractivity contribution in [2.45, 2.75) is 6.92 Å². The molecule has 2 aromatic rings. The van der Waals surface area contributed by atoms with Gasteiger partial charge in [0.2, 0.25) is 0 Å². The number of anilines is 1. The van der Waals surface area contributed by atoms with Crippen LogP contribution in [0.5, 0.6) is 0 Å². The van der Waals surface area contributed by atoms with Gasteiger partial charge in [-0.25, -0.2) is 14.6 Å². The van der Waals surface area contributed by atoms with Gasteiger partial charge in [0.15, 0.2) is 0 Å². The van der Waals surface area contributed by atoms with Gasteiger partial charge in [-0.3, -0.25) is 0 Å². The molecule has 1 heterocycles. The number of methoxy groups -OCH3 is 2. The molecule has 2 rings (SSSR count). The lowest BCUT2D eigenvalue weighted by Gasteiger charge is -2.10.